The van der Waals surface area contributed by atoms with Gasteiger partial charge in [0.25, 0.3) is 5.78 Å². The van der Waals surface area contributed by atoms with E-state index in [4.69, 9.17) is 4.74 Å². The van der Waals surface area contributed by atoms with Crippen LogP contribution < -0.4 is 4.74 Å². The predicted octanol–water partition coefficient (Wildman–Crippen LogP) is 4.22. The first-order valence-electron chi connectivity index (χ1n) is 5.41. The molecule has 2 nitrogen and oxygen atoms in total. The summed E-state index contributed by atoms with van der Waals surface area (Å²) in [6.45, 7) is 0. The van der Waals surface area contributed by atoms with Gasteiger partial charge in [0.15, 0.2) is 0 Å². The van der Waals surface area contributed by atoms with E-state index in [2.05, 4.69) is 0 Å². The van der Waals surface area contributed by atoms with Crippen LogP contribution in [0.4, 0.5) is 13.2 Å². The second-order valence-electron chi connectivity index (χ2n) is 3.77. The molecule has 0 radical (unpaired) electrons. The minimum atomic E-state index is -4.88. The van der Waals surface area contributed by atoms with Crippen molar-refractivity contribution in [2.75, 3.05) is 0 Å². The summed E-state index contributed by atoms with van der Waals surface area (Å²) in [6.07, 6.45) is -4.88. The number of carbonyl (C=O) groups is 1. The summed E-state index contributed by atoms with van der Waals surface area (Å²) in [4.78, 5) is 11.1. The lowest BCUT2D eigenvalue weighted by Crippen LogP contribution is -2.22. The van der Waals surface area contributed by atoms with Crippen molar-refractivity contribution in [2.24, 2.45) is 0 Å². The zero-order valence-corrected chi connectivity index (χ0v) is 9.65. The van der Waals surface area contributed by atoms with Crippen molar-refractivity contribution < 1.29 is 22.7 Å². The van der Waals surface area contributed by atoms with Crippen molar-refractivity contribution >= 4 is 5.78 Å². The summed E-state index contributed by atoms with van der Waals surface area (Å²) in [7, 11) is 0. The van der Waals surface area contributed by atoms with Crippen molar-refractivity contribution in [3.63, 3.8) is 0 Å². The van der Waals surface area contributed by atoms with E-state index in [1.165, 1.54) is 12.1 Å². The highest BCUT2D eigenvalue weighted by Crippen LogP contribution is 2.26. The summed E-state index contributed by atoms with van der Waals surface area (Å²) in [5.74, 6) is -1.22. The van der Waals surface area contributed by atoms with E-state index in [1.54, 1.807) is 30.3 Å². The van der Waals surface area contributed by atoms with Crippen molar-refractivity contribution in [2.45, 2.75) is 6.18 Å². The molecule has 0 aliphatic rings. The Morgan fingerprint density at radius 3 is 2.16 bits per heavy atom. The summed E-state index contributed by atoms with van der Waals surface area (Å²) >= 11 is 0. The molecule has 0 aliphatic heterocycles. The number of carbonyl (C=O) groups excluding carboxylic acids is 1. The number of halogens is 3. The fourth-order valence-electron chi connectivity index (χ4n) is 1.49. The summed E-state index contributed by atoms with van der Waals surface area (Å²) < 4.78 is 42.3. The standard InChI is InChI=1S/C14H9F3O2/c15-14(16,17)13(18)10-5-4-8-12(9-10)19-11-6-2-1-3-7-11/h1-9H. The van der Waals surface area contributed by atoms with Crippen LogP contribution in [0.3, 0.4) is 0 Å². The quantitative estimate of drug-likeness (QED) is 0.777. The van der Waals surface area contributed by atoms with Crippen LogP contribution in [-0.4, -0.2) is 12.0 Å². The normalized spacial score (nSPS) is 11.1. The molecule has 2 aromatic rings. The Labute approximate surface area is 107 Å². The second-order valence-corrected chi connectivity index (χ2v) is 3.77. The highest BCUT2D eigenvalue weighted by Gasteiger charge is 2.39. The molecule has 2 rings (SSSR count). The Morgan fingerprint density at radius 2 is 1.53 bits per heavy atom. The number of Topliss-reactive ketones (excluding diaryl/α,β-unsaturated/α-hetero) is 1. The van der Waals surface area contributed by atoms with Gasteiger partial charge in [0.1, 0.15) is 11.5 Å². The average molecular weight is 266 g/mol. The summed E-state index contributed by atoms with van der Waals surface area (Å²) in [5, 5.41) is 0. The van der Waals surface area contributed by atoms with Crippen LogP contribution >= 0.6 is 0 Å². The third-order valence-corrected chi connectivity index (χ3v) is 2.33. The van der Waals surface area contributed by atoms with Gasteiger partial charge in [-0.2, -0.15) is 13.2 Å². The number of rotatable bonds is 3. The van der Waals surface area contributed by atoms with Crippen molar-refractivity contribution in [1.29, 1.82) is 0 Å². The molecule has 0 aliphatic carbocycles. The van der Waals surface area contributed by atoms with Crippen molar-refractivity contribution in [3.05, 3.63) is 60.2 Å². The first-order valence-corrected chi connectivity index (χ1v) is 5.41. The molecule has 0 bridgehead atoms. The van der Waals surface area contributed by atoms with E-state index >= 15 is 0 Å². The summed E-state index contributed by atoms with van der Waals surface area (Å²) in [5.41, 5.74) is -0.444. The largest absolute Gasteiger partial charge is 0.457 e. The van der Waals surface area contributed by atoms with Gasteiger partial charge in [-0.05, 0) is 24.3 Å². The van der Waals surface area contributed by atoms with E-state index in [0.29, 0.717) is 5.75 Å². The van der Waals surface area contributed by atoms with Gasteiger partial charge in [0.2, 0.25) is 0 Å². The van der Waals surface area contributed by atoms with Crippen molar-refractivity contribution in [3.8, 4) is 11.5 Å². The monoisotopic (exact) mass is 266 g/mol. The maximum Gasteiger partial charge on any atom is 0.454 e. The molecule has 0 unspecified atom stereocenters. The van der Waals surface area contributed by atoms with Crippen LogP contribution in [0.5, 0.6) is 11.5 Å². The molecule has 0 amide bonds. The highest BCUT2D eigenvalue weighted by molar-refractivity contribution is 6.00. The Morgan fingerprint density at radius 1 is 0.895 bits per heavy atom. The van der Waals surface area contributed by atoms with E-state index in [-0.39, 0.29) is 5.75 Å². The van der Waals surface area contributed by atoms with Crippen LogP contribution in [0.25, 0.3) is 0 Å². The first kappa shape index (κ1) is 13.1. The molecule has 0 saturated heterocycles. The Balaban J connectivity index is 2.23. The Bertz CT molecular complexity index is 577. The summed E-state index contributed by atoms with van der Waals surface area (Å²) in [6, 6.07) is 13.6. The van der Waals surface area contributed by atoms with Gasteiger partial charge in [-0.15, -0.1) is 0 Å². The zero-order valence-electron chi connectivity index (χ0n) is 9.65. The lowest BCUT2D eigenvalue weighted by molar-refractivity contribution is -0.0885. The fraction of sp³-hybridized carbons (Fsp3) is 0.0714. The topological polar surface area (TPSA) is 26.3 Å². The Kier molecular flexibility index (Phi) is 3.55. The SMILES string of the molecule is O=C(c1cccc(Oc2ccccc2)c1)C(F)(F)F. The van der Waals surface area contributed by atoms with Crippen LogP contribution in [0, 0.1) is 0 Å². The number of benzene rings is 2. The highest BCUT2D eigenvalue weighted by atomic mass is 19.4. The number of hydrogen-bond donors (Lipinski definition) is 0. The maximum atomic E-state index is 12.3. The maximum absolute atomic E-state index is 12.3. The molecule has 0 atom stereocenters. The third-order valence-electron chi connectivity index (χ3n) is 2.33. The minimum Gasteiger partial charge on any atom is -0.457 e. The molecular weight excluding hydrogens is 257 g/mol. The Hall–Kier alpha value is -2.30. The fourth-order valence-corrected chi connectivity index (χ4v) is 1.49. The molecule has 19 heavy (non-hydrogen) atoms. The molecule has 98 valence electrons. The number of ketones is 1. The van der Waals surface area contributed by atoms with Gasteiger partial charge in [-0.1, -0.05) is 30.3 Å². The third kappa shape index (κ3) is 3.34. The van der Waals surface area contributed by atoms with Crippen LogP contribution in [-0.2, 0) is 0 Å². The number of para-hydroxylation sites is 1. The number of hydrogen-bond acceptors (Lipinski definition) is 2. The zero-order chi connectivity index (χ0) is 13.9. The van der Waals surface area contributed by atoms with Crippen LogP contribution in [0.15, 0.2) is 54.6 Å². The number of alkyl halides is 3. The van der Waals surface area contributed by atoms with Gasteiger partial charge in [0.05, 0.1) is 0 Å². The average Bonchev–Trinajstić information content (AvgIpc) is 2.38. The molecular formula is C14H9F3O2. The first-order chi connectivity index (χ1) is 8.97. The minimum absolute atomic E-state index is 0.182. The van der Waals surface area contributed by atoms with Gasteiger partial charge < -0.3 is 4.74 Å². The molecule has 2 aromatic carbocycles. The molecule has 0 spiro atoms. The molecule has 5 heteroatoms. The molecule has 0 fully saturated rings. The predicted molar refractivity (Wildman–Crippen MR) is 63.3 cm³/mol. The van der Waals surface area contributed by atoms with E-state index in [9.17, 15) is 18.0 Å². The van der Waals surface area contributed by atoms with Gasteiger partial charge in [-0.3, -0.25) is 4.79 Å². The molecule has 0 saturated carbocycles. The van der Waals surface area contributed by atoms with E-state index in [1.807, 2.05) is 0 Å². The lowest BCUT2D eigenvalue weighted by atomic mass is 10.1. The van der Waals surface area contributed by atoms with Crippen molar-refractivity contribution in [1.82, 2.24) is 0 Å². The lowest BCUT2D eigenvalue weighted by Gasteiger charge is -2.08. The van der Waals surface area contributed by atoms with Gasteiger partial charge in [-0.25, -0.2) is 0 Å². The number of ether oxygens (including phenoxy) is 1. The van der Waals surface area contributed by atoms with Crippen LogP contribution in [0.2, 0.25) is 0 Å². The van der Waals surface area contributed by atoms with E-state index < -0.39 is 17.5 Å². The van der Waals surface area contributed by atoms with E-state index in [0.717, 1.165) is 12.1 Å². The van der Waals surface area contributed by atoms with Gasteiger partial charge >= 0.3 is 6.18 Å². The van der Waals surface area contributed by atoms with Crippen LogP contribution in [0.1, 0.15) is 10.4 Å². The molecule has 0 aromatic heterocycles. The molecule has 0 heterocycles. The smallest absolute Gasteiger partial charge is 0.454 e. The molecule has 0 N–H and O–H groups in total. The van der Waals surface area contributed by atoms with Gasteiger partial charge in [0, 0.05) is 5.56 Å². The second kappa shape index (κ2) is 5.14.